The Morgan fingerprint density at radius 1 is 1.17 bits per heavy atom. The lowest BCUT2D eigenvalue weighted by Gasteiger charge is -2.27. The molecule has 0 unspecified atom stereocenters. The molecule has 2 aromatic rings. The van der Waals surface area contributed by atoms with Gasteiger partial charge in [0.15, 0.2) is 0 Å². The molecule has 0 atom stereocenters. The lowest BCUT2D eigenvalue weighted by Crippen LogP contribution is -2.30. The fraction of sp³-hybridized carbons (Fsp3) is 0.353. The molecule has 3 rings (SSSR count). The smallest absolute Gasteiger partial charge is 0.251 e. The van der Waals surface area contributed by atoms with Crippen LogP contribution in [0.4, 0.5) is 5.82 Å². The van der Waals surface area contributed by atoms with Crippen molar-refractivity contribution in [2.45, 2.75) is 25.8 Å². The standard InChI is InChI=1S/C17H19ClN4O/c18-15-10-14(6-7-19-15)17(23)21-12-13-4-5-16(20-11-13)22-8-2-1-3-9-22/h4-7,10-11H,1-3,8-9,12H2,(H,21,23). The lowest BCUT2D eigenvalue weighted by atomic mass is 10.1. The van der Waals surface area contributed by atoms with Gasteiger partial charge in [-0.2, -0.15) is 0 Å². The molecular weight excluding hydrogens is 312 g/mol. The normalized spacial score (nSPS) is 14.6. The fourth-order valence-corrected chi connectivity index (χ4v) is 2.83. The van der Waals surface area contributed by atoms with Crippen molar-refractivity contribution in [2.24, 2.45) is 0 Å². The van der Waals surface area contributed by atoms with Crippen molar-refractivity contribution >= 4 is 23.3 Å². The Morgan fingerprint density at radius 2 is 2.00 bits per heavy atom. The van der Waals surface area contributed by atoms with Gasteiger partial charge in [0.25, 0.3) is 5.91 Å². The lowest BCUT2D eigenvalue weighted by molar-refractivity contribution is 0.0951. The van der Waals surface area contributed by atoms with Gasteiger partial charge in [0.1, 0.15) is 11.0 Å². The molecule has 1 aliphatic heterocycles. The number of piperidine rings is 1. The van der Waals surface area contributed by atoms with Gasteiger partial charge >= 0.3 is 0 Å². The van der Waals surface area contributed by atoms with Gasteiger partial charge < -0.3 is 10.2 Å². The second-order valence-corrected chi connectivity index (χ2v) is 6.01. The first-order valence-electron chi connectivity index (χ1n) is 7.82. The molecular formula is C17H19ClN4O. The maximum atomic E-state index is 12.1. The fourth-order valence-electron chi connectivity index (χ4n) is 2.66. The number of carbonyl (C=O) groups excluding carboxylic acids is 1. The van der Waals surface area contributed by atoms with Gasteiger partial charge in [-0.05, 0) is 43.0 Å². The van der Waals surface area contributed by atoms with Crippen LogP contribution in [0.1, 0.15) is 35.2 Å². The summed E-state index contributed by atoms with van der Waals surface area (Å²) in [4.78, 5) is 22.7. The minimum absolute atomic E-state index is 0.172. The maximum absolute atomic E-state index is 12.1. The second kappa shape index (κ2) is 7.42. The molecule has 23 heavy (non-hydrogen) atoms. The summed E-state index contributed by atoms with van der Waals surface area (Å²) in [6, 6.07) is 7.22. The molecule has 1 amide bonds. The Labute approximate surface area is 140 Å². The average Bonchev–Trinajstić information content (AvgIpc) is 2.61. The van der Waals surface area contributed by atoms with Crippen LogP contribution in [-0.4, -0.2) is 29.0 Å². The predicted octanol–water partition coefficient (Wildman–Crippen LogP) is 3.05. The molecule has 0 aliphatic carbocycles. The molecule has 1 saturated heterocycles. The van der Waals surface area contributed by atoms with Crippen LogP contribution in [0.5, 0.6) is 0 Å². The Kier molecular flexibility index (Phi) is 5.08. The van der Waals surface area contributed by atoms with Crippen LogP contribution in [0.15, 0.2) is 36.7 Å². The summed E-state index contributed by atoms with van der Waals surface area (Å²) < 4.78 is 0. The second-order valence-electron chi connectivity index (χ2n) is 5.62. The SMILES string of the molecule is O=C(NCc1ccc(N2CCCCC2)nc1)c1ccnc(Cl)c1. The highest BCUT2D eigenvalue weighted by atomic mass is 35.5. The molecule has 0 saturated carbocycles. The Hall–Kier alpha value is -2.14. The zero-order valence-electron chi connectivity index (χ0n) is 12.8. The number of aromatic nitrogens is 2. The van der Waals surface area contributed by atoms with Crippen molar-refractivity contribution in [3.8, 4) is 0 Å². The number of amides is 1. The van der Waals surface area contributed by atoms with Crippen molar-refractivity contribution in [1.29, 1.82) is 0 Å². The first-order valence-corrected chi connectivity index (χ1v) is 8.20. The molecule has 1 fully saturated rings. The topological polar surface area (TPSA) is 58.1 Å². The summed E-state index contributed by atoms with van der Waals surface area (Å²) in [6.45, 7) is 2.59. The van der Waals surface area contributed by atoms with Gasteiger partial charge in [0.2, 0.25) is 0 Å². The van der Waals surface area contributed by atoms with Crippen LogP contribution in [0.25, 0.3) is 0 Å². The van der Waals surface area contributed by atoms with E-state index in [0.717, 1.165) is 24.5 Å². The van der Waals surface area contributed by atoms with Gasteiger partial charge in [0.05, 0.1) is 0 Å². The molecule has 1 aliphatic rings. The van der Waals surface area contributed by atoms with Crippen molar-refractivity contribution in [3.05, 3.63) is 52.9 Å². The van der Waals surface area contributed by atoms with E-state index in [2.05, 4.69) is 20.2 Å². The van der Waals surface area contributed by atoms with Crippen LogP contribution >= 0.6 is 11.6 Å². The van der Waals surface area contributed by atoms with E-state index in [-0.39, 0.29) is 5.91 Å². The summed E-state index contributed by atoms with van der Waals surface area (Å²) in [5, 5.41) is 3.17. The summed E-state index contributed by atoms with van der Waals surface area (Å²) in [7, 11) is 0. The number of pyridine rings is 2. The van der Waals surface area contributed by atoms with E-state index in [9.17, 15) is 4.79 Å². The van der Waals surface area contributed by atoms with Crippen LogP contribution in [0.3, 0.4) is 0 Å². The van der Waals surface area contributed by atoms with Crippen LogP contribution < -0.4 is 10.2 Å². The third-order valence-corrected chi connectivity index (χ3v) is 4.14. The minimum atomic E-state index is -0.172. The molecule has 0 bridgehead atoms. The predicted molar refractivity (Wildman–Crippen MR) is 90.7 cm³/mol. The van der Waals surface area contributed by atoms with E-state index >= 15 is 0 Å². The molecule has 120 valence electrons. The number of hydrogen-bond acceptors (Lipinski definition) is 4. The monoisotopic (exact) mass is 330 g/mol. The zero-order chi connectivity index (χ0) is 16.1. The van der Waals surface area contributed by atoms with E-state index in [1.807, 2.05) is 18.3 Å². The number of hydrogen-bond donors (Lipinski definition) is 1. The molecule has 1 N–H and O–H groups in total. The number of nitrogens with zero attached hydrogens (tertiary/aromatic N) is 3. The summed E-state index contributed by atoms with van der Waals surface area (Å²) >= 11 is 5.79. The number of rotatable bonds is 4. The highest BCUT2D eigenvalue weighted by Gasteiger charge is 2.12. The van der Waals surface area contributed by atoms with Gasteiger partial charge in [-0.15, -0.1) is 0 Å². The average molecular weight is 331 g/mol. The number of carbonyl (C=O) groups is 1. The Morgan fingerprint density at radius 3 is 2.70 bits per heavy atom. The van der Waals surface area contributed by atoms with Crippen LogP contribution in [0, 0.1) is 0 Å². The summed E-state index contributed by atoms with van der Waals surface area (Å²) in [5.74, 6) is 0.843. The molecule has 0 aromatic carbocycles. The summed E-state index contributed by atoms with van der Waals surface area (Å²) in [6.07, 6.45) is 7.11. The van der Waals surface area contributed by atoms with Crippen LogP contribution in [0.2, 0.25) is 5.15 Å². The molecule has 3 heterocycles. The van der Waals surface area contributed by atoms with Gasteiger partial charge in [-0.1, -0.05) is 17.7 Å². The van der Waals surface area contributed by atoms with E-state index in [4.69, 9.17) is 11.6 Å². The van der Waals surface area contributed by atoms with Crippen molar-refractivity contribution in [3.63, 3.8) is 0 Å². The quantitative estimate of drug-likeness (QED) is 0.875. The highest BCUT2D eigenvalue weighted by molar-refractivity contribution is 6.29. The van der Waals surface area contributed by atoms with E-state index in [1.165, 1.54) is 25.5 Å². The number of halogens is 1. The molecule has 2 aromatic heterocycles. The van der Waals surface area contributed by atoms with Crippen LogP contribution in [-0.2, 0) is 6.54 Å². The van der Waals surface area contributed by atoms with Gasteiger partial charge in [0, 0.05) is 37.6 Å². The van der Waals surface area contributed by atoms with E-state index < -0.39 is 0 Å². The first-order chi connectivity index (χ1) is 11.2. The number of anilines is 1. The Balaban J connectivity index is 1.57. The molecule has 0 radical (unpaired) electrons. The molecule has 5 nitrogen and oxygen atoms in total. The minimum Gasteiger partial charge on any atom is -0.357 e. The maximum Gasteiger partial charge on any atom is 0.251 e. The first kappa shape index (κ1) is 15.7. The largest absolute Gasteiger partial charge is 0.357 e. The molecule has 0 spiro atoms. The van der Waals surface area contributed by atoms with E-state index in [0.29, 0.717) is 17.3 Å². The third kappa shape index (κ3) is 4.20. The molecule has 6 heteroatoms. The van der Waals surface area contributed by atoms with Gasteiger partial charge in [-0.3, -0.25) is 4.79 Å². The van der Waals surface area contributed by atoms with E-state index in [1.54, 1.807) is 12.1 Å². The van der Waals surface area contributed by atoms with Crippen molar-refractivity contribution < 1.29 is 4.79 Å². The van der Waals surface area contributed by atoms with Crippen molar-refractivity contribution in [2.75, 3.05) is 18.0 Å². The third-order valence-electron chi connectivity index (χ3n) is 3.93. The number of nitrogens with one attached hydrogen (secondary N) is 1. The van der Waals surface area contributed by atoms with Crippen molar-refractivity contribution in [1.82, 2.24) is 15.3 Å². The Bertz CT molecular complexity index is 669. The zero-order valence-corrected chi connectivity index (χ0v) is 13.6. The highest BCUT2D eigenvalue weighted by Crippen LogP contribution is 2.17. The van der Waals surface area contributed by atoms with Gasteiger partial charge in [-0.25, -0.2) is 9.97 Å². The summed E-state index contributed by atoms with van der Waals surface area (Å²) in [5.41, 5.74) is 1.47.